The van der Waals surface area contributed by atoms with Crippen molar-refractivity contribution in [2.24, 2.45) is 5.73 Å². The highest BCUT2D eigenvalue weighted by atomic mass is 16.2. The van der Waals surface area contributed by atoms with Crippen LogP contribution in [0, 0.1) is 6.92 Å². The van der Waals surface area contributed by atoms with Crippen molar-refractivity contribution in [2.45, 2.75) is 13.0 Å². The van der Waals surface area contributed by atoms with Gasteiger partial charge in [-0.2, -0.15) is 5.10 Å². The van der Waals surface area contributed by atoms with Crippen LogP contribution in [0.1, 0.15) is 17.3 Å². The molecule has 0 spiro atoms. The Morgan fingerprint density at radius 2 is 1.97 bits per heavy atom. The number of rotatable bonds is 5. The fraction of sp³-hybridized carbons (Fsp3) is 0.143. The Hall–Kier alpha value is -3.78. The Morgan fingerprint density at radius 1 is 1.14 bits per heavy atom. The van der Waals surface area contributed by atoms with E-state index in [1.807, 2.05) is 49.4 Å². The number of nitrogens with one attached hydrogen (secondary N) is 2. The smallest absolute Gasteiger partial charge is 0.320 e. The van der Waals surface area contributed by atoms with Crippen molar-refractivity contribution >= 4 is 22.8 Å². The number of anilines is 1. The lowest BCUT2D eigenvalue weighted by Crippen LogP contribution is -2.36. The van der Waals surface area contributed by atoms with Crippen molar-refractivity contribution in [1.82, 2.24) is 25.1 Å². The fourth-order valence-electron chi connectivity index (χ4n) is 3.14. The Labute approximate surface area is 167 Å². The van der Waals surface area contributed by atoms with Crippen molar-refractivity contribution in [3.8, 4) is 5.69 Å². The number of carbonyl (C=O) groups excluding carboxylic acids is 1. The minimum atomic E-state index is -0.367. The van der Waals surface area contributed by atoms with Crippen LogP contribution in [-0.2, 0) is 0 Å². The number of aryl methyl sites for hydroxylation is 1. The third-order valence-corrected chi connectivity index (χ3v) is 4.56. The molecule has 0 saturated heterocycles. The first-order valence-electron chi connectivity index (χ1n) is 9.23. The van der Waals surface area contributed by atoms with E-state index in [1.54, 1.807) is 29.3 Å². The summed E-state index contributed by atoms with van der Waals surface area (Å²) in [5.41, 5.74) is 9.41. The third kappa shape index (κ3) is 4.07. The van der Waals surface area contributed by atoms with Gasteiger partial charge in [0.1, 0.15) is 5.82 Å². The SMILES string of the molecule is Cc1cc(-n2ncc3cc(NC(=O)N[C@@H](CN)c4ccccc4)ncc32)ccn1. The van der Waals surface area contributed by atoms with Crippen LogP contribution in [0.25, 0.3) is 16.6 Å². The first-order chi connectivity index (χ1) is 14.1. The van der Waals surface area contributed by atoms with Gasteiger partial charge >= 0.3 is 6.03 Å². The summed E-state index contributed by atoms with van der Waals surface area (Å²) in [6.45, 7) is 2.22. The van der Waals surface area contributed by atoms with Crippen molar-refractivity contribution in [2.75, 3.05) is 11.9 Å². The van der Waals surface area contributed by atoms with E-state index in [-0.39, 0.29) is 12.1 Å². The first kappa shape index (κ1) is 18.6. The lowest BCUT2D eigenvalue weighted by molar-refractivity contribution is 0.248. The summed E-state index contributed by atoms with van der Waals surface area (Å²) in [4.78, 5) is 21.0. The second kappa shape index (κ2) is 8.07. The van der Waals surface area contributed by atoms with Gasteiger partial charge < -0.3 is 11.1 Å². The molecule has 3 heterocycles. The summed E-state index contributed by atoms with van der Waals surface area (Å²) in [6, 6.07) is 14.6. The maximum atomic E-state index is 12.4. The molecule has 4 rings (SSSR count). The number of nitrogens with two attached hydrogens (primary N) is 1. The standard InChI is InChI=1S/C21H21N7O/c1-14-9-17(7-8-23-14)28-19-13-24-20(10-16(19)12-25-28)27-21(29)26-18(11-22)15-5-3-2-4-6-15/h2-10,12-13,18H,11,22H2,1H3,(H2,24,26,27,29)/t18-/m0/s1. The van der Waals surface area contributed by atoms with Gasteiger partial charge in [0, 0.05) is 23.8 Å². The third-order valence-electron chi connectivity index (χ3n) is 4.56. The van der Waals surface area contributed by atoms with E-state index >= 15 is 0 Å². The summed E-state index contributed by atoms with van der Waals surface area (Å²) < 4.78 is 1.79. The highest BCUT2D eigenvalue weighted by Crippen LogP contribution is 2.20. The Balaban J connectivity index is 1.51. The van der Waals surface area contributed by atoms with Gasteiger partial charge in [-0.1, -0.05) is 30.3 Å². The Bertz CT molecular complexity index is 1140. The van der Waals surface area contributed by atoms with Crippen LogP contribution in [0.2, 0.25) is 0 Å². The molecular weight excluding hydrogens is 366 g/mol. The molecule has 146 valence electrons. The predicted molar refractivity (Wildman–Crippen MR) is 112 cm³/mol. The number of hydrogen-bond acceptors (Lipinski definition) is 5. The second-order valence-electron chi connectivity index (χ2n) is 6.64. The average molecular weight is 387 g/mol. The van der Waals surface area contributed by atoms with E-state index < -0.39 is 0 Å². The van der Waals surface area contributed by atoms with E-state index in [9.17, 15) is 4.79 Å². The van der Waals surface area contributed by atoms with Crippen molar-refractivity contribution in [1.29, 1.82) is 0 Å². The van der Waals surface area contributed by atoms with E-state index in [0.29, 0.717) is 12.4 Å². The molecule has 2 amide bonds. The number of carbonyl (C=O) groups is 1. The number of nitrogens with zero attached hydrogens (tertiary/aromatic N) is 4. The van der Waals surface area contributed by atoms with E-state index in [2.05, 4.69) is 25.7 Å². The van der Waals surface area contributed by atoms with Crippen molar-refractivity contribution < 1.29 is 4.79 Å². The van der Waals surface area contributed by atoms with Crippen LogP contribution in [-0.4, -0.2) is 32.3 Å². The van der Waals surface area contributed by atoms with Crippen LogP contribution in [0.4, 0.5) is 10.6 Å². The van der Waals surface area contributed by atoms with Gasteiger partial charge in [0.15, 0.2) is 0 Å². The van der Waals surface area contributed by atoms with Gasteiger partial charge in [0.25, 0.3) is 0 Å². The molecule has 8 heteroatoms. The zero-order valence-corrected chi connectivity index (χ0v) is 15.9. The predicted octanol–water partition coefficient (Wildman–Crippen LogP) is 2.95. The Kier molecular flexibility index (Phi) is 5.17. The van der Waals surface area contributed by atoms with E-state index in [4.69, 9.17) is 5.73 Å². The number of urea groups is 1. The van der Waals surface area contributed by atoms with Gasteiger partial charge in [0.05, 0.1) is 29.6 Å². The lowest BCUT2D eigenvalue weighted by Gasteiger charge is -2.17. The monoisotopic (exact) mass is 387 g/mol. The number of pyridine rings is 2. The molecule has 1 atom stereocenters. The van der Waals surface area contributed by atoms with Crippen LogP contribution >= 0.6 is 0 Å². The maximum absolute atomic E-state index is 12.4. The lowest BCUT2D eigenvalue weighted by atomic mass is 10.1. The quantitative estimate of drug-likeness (QED) is 0.488. The molecule has 4 aromatic rings. The molecule has 0 fully saturated rings. The molecule has 4 N–H and O–H groups in total. The normalized spacial score (nSPS) is 11.9. The topological polar surface area (TPSA) is 111 Å². The maximum Gasteiger partial charge on any atom is 0.320 e. The molecule has 3 aromatic heterocycles. The van der Waals surface area contributed by atoms with Gasteiger partial charge in [-0.3, -0.25) is 10.3 Å². The number of amides is 2. The zero-order valence-electron chi connectivity index (χ0n) is 15.9. The summed E-state index contributed by atoms with van der Waals surface area (Å²) in [5, 5.41) is 10.9. The molecule has 0 aliphatic heterocycles. The van der Waals surface area contributed by atoms with Crippen molar-refractivity contribution in [3.63, 3.8) is 0 Å². The van der Waals surface area contributed by atoms with E-state index in [0.717, 1.165) is 27.8 Å². The molecule has 0 unspecified atom stereocenters. The molecule has 0 bridgehead atoms. The van der Waals surface area contributed by atoms with Gasteiger partial charge in [-0.25, -0.2) is 14.5 Å². The molecule has 8 nitrogen and oxygen atoms in total. The van der Waals surface area contributed by atoms with Crippen LogP contribution in [0.3, 0.4) is 0 Å². The Morgan fingerprint density at radius 3 is 2.72 bits per heavy atom. The molecule has 0 aliphatic carbocycles. The largest absolute Gasteiger partial charge is 0.330 e. The van der Waals surface area contributed by atoms with E-state index in [1.165, 1.54) is 0 Å². The van der Waals surface area contributed by atoms with Crippen LogP contribution in [0.15, 0.2) is 67.1 Å². The summed E-state index contributed by atoms with van der Waals surface area (Å²) in [7, 11) is 0. The highest BCUT2D eigenvalue weighted by Gasteiger charge is 2.14. The highest BCUT2D eigenvalue weighted by molar-refractivity contribution is 5.91. The molecular formula is C21H21N7O. The molecule has 0 saturated carbocycles. The molecule has 29 heavy (non-hydrogen) atoms. The minimum absolute atomic E-state index is 0.280. The summed E-state index contributed by atoms with van der Waals surface area (Å²) in [6.07, 6.45) is 5.17. The van der Waals surface area contributed by atoms with Gasteiger partial charge in [-0.05, 0) is 30.7 Å². The number of hydrogen-bond donors (Lipinski definition) is 3. The summed E-state index contributed by atoms with van der Waals surface area (Å²) >= 11 is 0. The molecule has 1 aromatic carbocycles. The zero-order chi connectivity index (χ0) is 20.2. The van der Waals surface area contributed by atoms with Crippen LogP contribution < -0.4 is 16.4 Å². The first-order valence-corrected chi connectivity index (χ1v) is 9.23. The number of aromatic nitrogens is 4. The van der Waals surface area contributed by atoms with Gasteiger partial charge in [0.2, 0.25) is 0 Å². The summed E-state index contributed by atoms with van der Waals surface area (Å²) in [5.74, 6) is 0.435. The molecule has 0 radical (unpaired) electrons. The minimum Gasteiger partial charge on any atom is -0.330 e. The second-order valence-corrected chi connectivity index (χ2v) is 6.64. The number of benzene rings is 1. The fourth-order valence-corrected chi connectivity index (χ4v) is 3.14. The van der Waals surface area contributed by atoms with Gasteiger partial charge in [-0.15, -0.1) is 0 Å². The van der Waals surface area contributed by atoms with Crippen molar-refractivity contribution in [3.05, 3.63) is 78.4 Å². The average Bonchev–Trinajstić information content (AvgIpc) is 3.16. The molecule has 0 aliphatic rings. The van der Waals surface area contributed by atoms with Crippen LogP contribution in [0.5, 0.6) is 0 Å². The number of fused-ring (bicyclic) bond motifs is 1.